The van der Waals surface area contributed by atoms with E-state index >= 15 is 0 Å². The third kappa shape index (κ3) is 3.42. The molecule has 0 saturated heterocycles. The maximum Gasteiger partial charge on any atom is 0.290 e. The molecule has 0 spiro atoms. The molecule has 1 aromatic heterocycles. The fraction of sp³-hybridized carbons (Fsp3) is 0. The molecule has 0 atom stereocenters. The van der Waals surface area contributed by atoms with Gasteiger partial charge in [0, 0.05) is 18.5 Å². The summed E-state index contributed by atoms with van der Waals surface area (Å²) in [5.74, 6) is 0. The van der Waals surface area contributed by atoms with Crippen LogP contribution in [0.1, 0.15) is 0 Å². The summed E-state index contributed by atoms with van der Waals surface area (Å²) < 4.78 is 0. The molecule has 0 aliphatic rings. The second kappa shape index (κ2) is 6.30. The van der Waals surface area contributed by atoms with E-state index in [2.05, 4.69) is 9.97 Å². The molecule has 8 nitrogen and oxygen atoms in total. The lowest BCUT2D eigenvalue weighted by molar-refractivity contribution is -0.396. The van der Waals surface area contributed by atoms with E-state index in [4.69, 9.17) is 0 Å². The molecule has 0 aliphatic heterocycles. The number of hydrogen-bond acceptors (Lipinski definition) is 8. The fourth-order valence-electron chi connectivity index (χ4n) is 1.24. The number of nitro benzene ring substituents is 2. The quantitative estimate of drug-likeness (QED) is 0.358. The van der Waals surface area contributed by atoms with E-state index < -0.39 is 9.85 Å². The molecule has 0 fully saturated rings. The van der Waals surface area contributed by atoms with Gasteiger partial charge < -0.3 is 0 Å². The molecular weight excluding hydrogens is 304 g/mol. The highest BCUT2D eigenvalue weighted by Gasteiger charge is 2.20. The number of non-ortho nitro benzene ring substituents is 1. The lowest BCUT2D eigenvalue weighted by Crippen LogP contribution is -1.94. The van der Waals surface area contributed by atoms with Crippen LogP contribution in [-0.4, -0.2) is 19.8 Å². The SMILES string of the molecule is O=[N+]([O-])c1ccc(SSc2ncccn2)c([N+](=O)[O-])c1. The maximum atomic E-state index is 10.9. The van der Waals surface area contributed by atoms with E-state index in [9.17, 15) is 20.2 Å². The van der Waals surface area contributed by atoms with Crippen LogP contribution in [0.4, 0.5) is 11.4 Å². The summed E-state index contributed by atoms with van der Waals surface area (Å²) in [6.45, 7) is 0. The Morgan fingerprint density at radius 2 is 1.70 bits per heavy atom. The van der Waals surface area contributed by atoms with Crippen LogP contribution in [0, 0.1) is 20.2 Å². The molecule has 0 aliphatic carbocycles. The molecule has 0 N–H and O–H groups in total. The second-order valence-corrected chi connectivity index (χ2v) is 5.50. The summed E-state index contributed by atoms with van der Waals surface area (Å²) >= 11 is 0. The van der Waals surface area contributed by atoms with Crippen LogP contribution in [0.5, 0.6) is 0 Å². The minimum atomic E-state index is -0.672. The first-order chi connectivity index (χ1) is 9.58. The molecule has 0 saturated carbocycles. The van der Waals surface area contributed by atoms with Crippen LogP contribution in [0.2, 0.25) is 0 Å². The standard InChI is InChI=1S/C10H6N4O4S2/c15-13(16)7-2-3-9(8(6-7)14(17)18)19-20-10-11-4-1-5-12-10/h1-6H. The Kier molecular flexibility index (Phi) is 4.48. The van der Waals surface area contributed by atoms with Crippen molar-refractivity contribution in [3.8, 4) is 0 Å². The molecule has 1 heterocycles. The lowest BCUT2D eigenvalue weighted by Gasteiger charge is -2.01. The molecule has 0 radical (unpaired) electrons. The monoisotopic (exact) mass is 310 g/mol. The van der Waals surface area contributed by atoms with E-state index in [-0.39, 0.29) is 11.4 Å². The van der Waals surface area contributed by atoms with Crippen molar-refractivity contribution >= 4 is 33.0 Å². The number of nitrogens with zero attached hydrogens (tertiary/aromatic N) is 4. The zero-order chi connectivity index (χ0) is 14.5. The van der Waals surface area contributed by atoms with Gasteiger partial charge in [-0.25, -0.2) is 9.97 Å². The fourth-order valence-corrected chi connectivity index (χ4v) is 3.13. The molecule has 0 unspecified atom stereocenters. The summed E-state index contributed by atoms with van der Waals surface area (Å²) in [7, 11) is 2.22. The van der Waals surface area contributed by atoms with Gasteiger partial charge in [-0.2, -0.15) is 0 Å². The maximum absolute atomic E-state index is 10.9. The van der Waals surface area contributed by atoms with Gasteiger partial charge in [0.1, 0.15) is 0 Å². The van der Waals surface area contributed by atoms with E-state index in [0.717, 1.165) is 27.7 Å². The Hall–Kier alpha value is -2.20. The first kappa shape index (κ1) is 14.2. The Balaban J connectivity index is 2.23. The van der Waals surface area contributed by atoms with Gasteiger partial charge in [-0.1, -0.05) is 0 Å². The number of aromatic nitrogens is 2. The van der Waals surface area contributed by atoms with Crippen LogP contribution < -0.4 is 0 Å². The van der Waals surface area contributed by atoms with Crippen molar-refractivity contribution in [2.45, 2.75) is 10.1 Å². The predicted molar refractivity (Wildman–Crippen MR) is 73.5 cm³/mol. The van der Waals surface area contributed by atoms with Gasteiger partial charge in [0.2, 0.25) is 0 Å². The smallest absolute Gasteiger partial charge is 0.258 e. The third-order valence-corrected chi connectivity index (χ3v) is 4.30. The van der Waals surface area contributed by atoms with Crippen molar-refractivity contribution in [2.75, 3.05) is 0 Å². The zero-order valence-corrected chi connectivity index (χ0v) is 11.3. The minimum Gasteiger partial charge on any atom is -0.258 e. The summed E-state index contributed by atoms with van der Waals surface area (Å²) in [6.07, 6.45) is 3.11. The zero-order valence-electron chi connectivity index (χ0n) is 9.70. The van der Waals surface area contributed by atoms with Gasteiger partial charge in [-0.3, -0.25) is 20.2 Å². The first-order valence-corrected chi connectivity index (χ1v) is 7.27. The molecule has 1 aromatic carbocycles. The van der Waals surface area contributed by atoms with E-state index in [1.165, 1.54) is 12.1 Å². The summed E-state index contributed by atoms with van der Waals surface area (Å²) in [4.78, 5) is 28.5. The summed E-state index contributed by atoms with van der Waals surface area (Å²) in [5.41, 5.74) is -0.630. The highest BCUT2D eigenvalue weighted by atomic mass is 33.1. The van der Waals surface area contributed by atoms with Crippen LogP contribution in [0.25, 0.3) is 0 Å². The highest BCUT2D eigenvalue weighted by molar-refractivity contribution is 8.76. The van der Waals surface area contributed by atoms with Gasteiger partial charge in [0.15, 0.2) is 5.16 Å². The normalized spacial score (nSPS) is 10.2. The molecule has 0 bridgehead atoms. The number of hydrogen-bond donors (Lipinski definition) is 0. The number of rotatable bonds is 5. The molecule has 102 valence electrons. The first-order valence-electron chi connectivity index (χ1n) is 5.12. The Bertz CT molecular complexity index is 653. The van der Waals surface area contributed by atoms with Crippen LogP contribution in [-0.2, 0) is 0 Å². The van der Waals surface area contributed by atoms with Crippen molar-refractivity contribution in [3.63, 3.8) is 0 Å². The van der Waals surface area contributed by atoms with Gasteiger partial charge in [-0.05, 0) is 33.7 Å². The van der Waals surface area contributed by atoms with Crippen LogP contribution in [0.15, 0.2) is 46.7 Å². The molecule has 2 aromatic rings. The van der Waals surface area contributed by atoms with Crippen molar-refractivity contribution in [2.24, 2.45) is 0 Å². The van der Waals surface area contributed by atoms with Gasteiger partial charge >= 0.3 is 0 Å². The average molecular weight is 310 g/mol. The van der Waals surface area contributed by atoms with Gasteiger partial charge in [0.25, 0.3) is 11.4 Å². The molecule has 0 amide bonds. The highest BCUT2D eigenvalue weighted by Crippen LogP contribution is 2.41. The van der Waals surface area contributed by atoms with Gasteiger partial charge in [-0.15, -0.1) is 0 Å². The lowest BCUT2D eigenvalue weighted by atomic mass is 10.3. The predicted octanol–water partition coefficient (Wildman–Crippen LogP) is 3.09. The molecule has 10 heteroatoms. The van der Waals surface area contributed by atoms with Crippen molar-refractivity contribution in [3.05, 3.63) is 56.9 Å². The topological polar surface area (TPSA) is 112 Å². The molecular formula is C10H6N4O4S2. The Morgan fingerprint density at radius 1 is 1.00 bits per heavy atom. The Morgan fingerprint density at radius 3 is 2.30 bits per heavy atom. The largest absolute Gasteiger partial charge is 0.290 e. The average Bonchev–Trinajstić information content (AvgIpc) is 2.45. The van der Waals surface area contributed by atoms with E-state index in [1.807, 2.05) is 0 Å². The third-order valence-electron chi connectivity index (χ3n) is 2.10. The number of benzene rings is 1. The Labute approximate surface area is 120 Å². The van der Waals surface area contributed by atoms with Crippen molar-refractivity contribution in [1.82, 2.24) is 9.97 Å². The molecule has 20 heavy (non-hydrogen) atoms. The number of nitro groups is 2. The van der Waals surface area contributed by atoms with Crippen LogP contribution in [0.3, 0.4) is 0 Å². The summed E-state index contributed by atoms with van der Waals surface area (Å²) in [5, 5.41) is 22.0. The van der Waals surface area contributed by atoms with Crippen LogP contribution >= 0.6 is 21.6 Å². The van der Waals surface area contributed by atoms with Crippen molar-refractivity contribution in [1.29, 1.82) is 0 Å². The molecule has 2 rings (SSSR count). The minimum absolute atomic E-state index is 0.304. The van der Waals surface area contributed by atoms with Gasteiger partial charge in [0.05, 0.1) is 20.8 Å². The van der Waals surface area contributed by atoms with E-state index in [0.29, 0.717) is 10.1 Å². The summed E-state index contributed by atoms with van der Waals surface area (Å²) in [6, 6.07) is 5.16. The second-order valence-electron chi connectivity index (χ2n) is 3.36. The van der Waals surface area contributed by atoms with Crippen molar-refractivity contribution < 1.29 is 9.85 Å². The van der Waals surface area contributed by atoms with E-state index in [1.54, 1.807) is 18.5 Å².